The number of carbonyl (C=O) groups is 1. The molecule has 2 N–H and O–H groups in total. The van der Waals surface area contributed by atoms with Crippen molar-refractivity contribution >= 4 is 5.91 Å². The molecule has 0 spiro atoms. The molecule has 0 heterocycles. The lowest BCUT2D eigenvalue weighted by atomic mass is 10.1. The summed E-state index contributed by atoms with van der Waals surface area (Å²) in [7, 11) is 0. The number of benzene rings is 1. The molecule has 1 aliphatic rings. The highest BCUT2D eigenvalue weighted by Crippen LogP contribution is 2.19. The van der Waals surface area contributed by atoms with E-state index in [1.54, 1.807) is 12.1 Å². The van der Waals surface area contributed by atoms with Crippen molar-refractivity contribution in [2.45, 2.75) is 38.8 Å². The van der Waals surface area contributed by atoms with Crippen molar-refractivity contribution in [3.8, 4) is 0 Å². The van der Waals surface area contributed by atoms with Gasteiger partial charge in [0.25, 0.3) is 0 Å². The lowest BCUT2D eigenvalue weighted by Gasteiger charge is -2.26. The topological polar surface area (TPSA) is 52.6 Å². The molecule has 1 fully saturated rings. The van der Waals surface area contributed by atoms with Crippen molar-refractivity contribution in [2.75, 3.05) is 19.6 Å². The van der Waals surface area contributed by atoms with E-state index in [2.05, 4.69) is 19.2 Å². The van der Waals surface area contributed by atoms with Crippen LogP contribution in [0.5, 0.6) is 0 Å². The van der Waals surface area contributed by atoms with Crippen LogP contribution in [0.1, 0.15) is 38.4 Å². The van der Waals surface area contributed by atoms with E-state index >= 15 is 0 Å². The summed E-state index contributed by atoms with van der Waals surface area (Å²) in [5, 5.41) is 13.3. The van der Waals surface area contributed by atoms with E-state index in [-0.39, 0.29) is 18.3 Å². The van der Waals surface area contributed by atoms with Crippen LogP contribution in [-0.4, -0.2) is 41.6 Å². The molecule has 1 saturated carbocycles. The van der Waals surface area contributed by atoms with Gasteiger partial charge in [-0.1, -0.05) is 26.0 Å². The number of nitrogens with one attached hydrogen (secondary N) is 1. The van der Waals surface area contributed by atoms with Gasteiger partial charge < -0.3 is 10.4 Å². The molecule has 0 radical (unpaired) electrons. The van der Waals surface area contributed by atoms with Crippen molar-refractivity contribution in [3.63, 3.8) is 0 Å². The van der Waals surface area contributed by atoms with Gasteiger partial charge in [0, 0.05) is 19.1 Å². The lowest BCUT2D eigenvalue weighted by molar-refractivity contribution is -0.122. The largest absolute Gasteiger partial charge is 0.387 e. The molecular formula is C17H25FN2O2. The van der Waals surface area contributed by atoms with Gasteiger partial charge >= 0.3 is 0 Å². The molecule has 5 heteroatoms. The number of aliphatic hydroxyl groups excluding tert-OH is 1. The molecule has 1 amide bonds. The third kappa shape index (κ3) is 5.73. The summed E-state index contributed by atoms with van der Waals surface area (Å²) in [4.78, 5) is 13.9. The number of rotatable bonds is 8. The Hall–Kier alpha value is -1.46. The first-order valence-corrected chi connectivity index (χ1v) is 7.89. The Morgan fingerprint density at radius 3 is 2.50 bits per heavy atom. The molecular weight excluding hydrogens is 283 g/mol. The van der Waals surface area contributed by atoms with Crippen molar-refractivity contribution in [2.24, 2.45) is 5.92 Å². The summed E-state index contributed by atoms with van der Waals surface area (Å²) in [6.07, 6.45) is 1.40. The minimum atomic E-state index is -0.729. The summed E-state index contributed by atoms with van der Waals surface area (Å²) >= 11 is 0. The molecule has 1 aliphatic carbocycles. The number of halogens is 1. The summed E-state index contributed by atoms with van der Waals surface area (Å²) in [6.45, 7) is 5.54. The monoisotopic (exact) mass is 308 g/mol. The average Bonchev–Trinajstić information content (AvgIpc) is 3.22. The Balaban J connectivity index is 1.92. The first-order valence-electron chi connectivity index (χ1n) is 7.89. The van der Waals surface area contributed by atoms with E-state index in [4.69, 9.17) is 0 Å². The van der Waals surface area contributed by atoms with Crippen LogP contribution >= 0.6 is 0 Å². The highest BCUT2D eigenvalue weighted by Gasteiger charge is 2.25. The van der Waals surface area contributed by atoms with Crippen LogP contribution in [0.15, 0.2) is 24.3 Å². The summed E-state index contributed by atoms with van der Waals surface area (Å²) in [5.74, 6) is 0.0856. The average molecular weight is 308 g/mol. The Bertz CT molecular complexity index is 486. The highest BCUT2D eigenvalue weighted by molar-refractivity contribution is 5.78. The van der Waals surface area contributed by atoms with Gasteiger partial charge in [0.05, 0.1) is 12.6 Å². The Kier molecular flexibility index (Phi) is 5.91. The van der Waals surface area contributed by atoms with E-state index in [1.807, 2.05) is 4.90 Å². The van der Waals surface area contributed by atoms with Gasteiger partial charge in [0.2, 0.25) is 5.91 Å². The van der Waals surface area contributed by atoms with E-state index < -0.39 is 6.10 Å². The van der Waals surface area contributed by atoms with Crippen molar-refractivity contribution in [3.05, 3.63) is 35.6 Å². The second kappa shape index (κ2) is 7.70. The quantitative estimate of drug-likeness (QED) is 0.773. The molecule has 4 nitrogen and oxygen atoms in total. The van der Waals surface area contributed by atoms with E-state index in [0.29, 0.717) is 24.1 Å². The smallest absolute Gasteiger partial charge is 0.234 e. The molecule has 1 aromatic carbocycles. The van der Waals surface area contributed by atoms with E-state index in [9.17, 15) is 14.3 Å². The van der Waals surface area contributed by atoms with Crippen LogP contribution in [0.4, 0.5) is 4.39 Å². The van der Waals surface area contributed by atoms with Gasteiger partial charge in [-0.15, -0.1) is 0 Å². The molecule has 0 bridgehead atoms. The van der Waals surface area contributed by atoms with Crippen molar-refractivity contribution in [1.82, 2.24) is 10.2 Å². The van der Waals surface area contributed by atoms with E-state index in [1.165, 1.54) is 12.1 Å². The minimum Gasteiger partial charge on any atom is -0.387 e. The van der Waals surface area contributed by atoms with Gasteiger partial charge in [-0.05, 0) is 36.5 Å². The number of aliphatic hydroxyl groups is 1. The Morgan fingerprint density at radius 2 is 1.95 bits per heavy atom. The van der Waals surface area contributed by atoms with Gasteiger partial charge in [-0.3, -0.25) is 9.69 Å². The standard InChI is InChI=1S/C17H25FN2O2/c1-12(2)9-20(11-17(22)19-15-7-8-15)10-16(21)13-3-5-14(18)6-4-13/h3-6,12,15-16,21H,7-11H2,1-2H3,(H,19,22). The molecule has 22 heavy (non-hydrogen) atoms. The number of carbonyl (C=O) groups excluding carboxylic acids is 1. The van der Waals surface area contributed by atoms with Crippen molar-refractivity contribution in [1.29, 1.82) is 0 Å². The molecule has 2 rings (SSSR count). The normalized spacial score (nSPS) is 16.1. The summed E-state index contributed by atoms with van der Waals surface area (Å²) in [5.41, 5.74) is 0.665. The second-order valence-corrected chi connectivity index (χ2v) is 6.50. The third-order valence-electron chi connectivity index (χ3n) is 3.62. The zero-order valence-corrected chi connectivity index (χ0v) is 13.3. The number of nitrogens with zero attached hydrogens (tertiary/aromatic N) is 1. The Labute approximate surface area is 131 Å². The minimum absolute atomic E-state index is 0.00876. The summed E-state index contributed by atoms with van der Waals surface area (Å²) in [6, 6.07) is 6.18. The zero-order chi connectivity index (χ0) is 16.1. The molecule has 122 valence electrons. The van der Waals surface area contributed by atoms with Crippen LogP contribution in [0.25, 0.3) is 0 Å². The highest BCUT2D eigenvalue weighted by atomic mass is 19.1. The maximum Gasteiger partial charge on any atom is 0.234 e. The Morgan fingerprint density at radius 1 is 1.32 bits per heavy atom. The maximum absolute atomic E-state index is 12.9. The van der Waals surface area contributed by atoms with Crippen LogP contribution in [0, 0.1) is 11.7 Å². The molecule has 1 aromatic rings. The molecule has 0 aromatic heterocycles. The lowest BCUT2D eigenvalue weighted by Crippen LogP contribution is -2.41. The van der Waals surface area contributed by atoms with Crippen LogP contribution in [0.2, 0.25) is 0 Å². The van der Waals surface area contributed by atoms with Crippen LogP contribution in [0.3, 0.4) is 0 Å². The van der Waals surface area contributed by atoms with Crippen LogP contribution < -0.4 is 5.32 Å². The number of hydrogen-bond donors (Lipinski definition) is 2. The molecule has 0 aliphatic heterocycles. The fourth-order valence-corrected chi connectivity index (χ4v) is 2.46. The molecule has 0 saturated heterocycles. The van der Waals surface area contributed by atoms with Gasteiger partial charge in [-0.25, -0.2) is 4.39 Å². The first kappa shape index (κ1) is 16.9. The van der Waals surface area contributed by atoms with Crippen LogP contribution in [-0.2, 0) is 4.79 Å². The van der Waals surface area contributed by atoms with Gasteiger partial charge in [-0.2, -0.15) is 0 Å². The number of hydrogen-bond acceptors (Lipinski definition) is 3. The molecule has 1 unspecified atom stereocenters. The van der Waals surface area contributed by atoms with Crippen molar-refractivity contribution < 1.29 is 14.3 Å². The summed E-state index contributed by atoms with van der Waals surface area (Å²) < 4.78 is 12.9. The fraction of sp³-hybridized carbons (Fsp3) is 0.588. The zero-order valence-electron chi connectivity index (χ0n) is 13.3. The van der Waals surface area contributed by atoms with E-state index in [0.717, 1.165) is 19.4 Å². The predicted octanol–water partition coefficient (Wildman–Crippen LogP) is 2.10. The fourth-order valence-electron chi connectivity index (χ4n) is 2.46. The van der Waals surface area contributed by atoms with Gasteiger partial charge in [0.15, 0.2) is 0 Å². The SMILES string of the molecule is CC(C)CN(CC(=O)NC1CC1)CC(O)c1ccc(F)cc1. The second-order valence-electron chi connectivity index (χ2n) is 6.50. The third-order valence-corrected chi connectivity index (χ3v) is 3.62. The predicted molar refractivity (Wildman–Crippen MR) is 83.8 cm³/mol. The van der Waals surface area contributed by atoms with Gasteiger partial charge in [0.1, 0.15) is 5.82 Å². The first-order chi connectivity index (χ1) is 10.4. The maximum atomic E-state index is 12.9. The molecule has 1 atom stereocenters. The number of amides is 1.